The Bertz CT molecular complexity index is 857. The Kier molecular flexibility index (Phi) is 9.36. The Labute approximate surface area is 187 Å². The molecule has 1 aliphatic rings. The number of methoxy groups -OCH3 is 1. The number of amides is 1. The van der Waals surface area contributed by atoms with Crippen molar-refractivity contribution in [1.29, 1.82) is 0 Å². The lowest BCUT2D eigenvalue weighted by Gasteiger charge is -2.33. The minimum atomic E-state index is -3.83. The summed E-state index contributed by atoms with van der Waals surface area (Å²) in [6.07, 6.45) is 0.672. The number of carbonyl (C=O) groups is 2. The summed E-state index contributed by atoms with van der Waals surface area (Å²) in [4.78, 5) is 26.1. The maximum atomic E-state index is 12.9. The molecule has 1 heterocycles. The van der Waals surface area contributed by atoms with Gasteiger partial charge in [0.25, 0.3) is 0 Å². The van der Waals surface area contributed by atoms with E-state index in [1.807, 2.05) is 0 Å². The number of hydrogen-bond acceptors (Lipinski definition) is 6. The highest BCUT2D eigenvalue weighted by molar-refractivity contribution is 7.89. The van der Waals surface area contributed by atoms with Gasteiger partial charge in [0.2, 0.25) is 15.9 Å². The molecule has 0 unspecified atom stereocenters. The number of sulfonamides is 1. The zero-order chi connectivity index (χ0) is 22.3. The fraction of sp³-hybridized carbons (Fsp3) is 0.579. The third-order valence-corrected chi connectivity index (χ3v) is 7.43. The quantitative estimate of drug-likeness (QED) is 0.503. The van der Waals surface area contributed by atoms with Gasteiger partial charge in [0.05, 0.1) is 18.2 Å². The summed E-state index contributed by atoms with van der Waals surface area (Å²) in [5.41, 5.74) is 0. The summed E-state index contributed by atoms with van der Waals surface area (Å²) in [7, 11) is -2.32. The minimum Gasteiger partial charge on any atom is -0.465 e. The lowest BCUT2D eigenvalue weighted by Crippen LogP contribution is -2.46. The molecule has 0 aliphatic carbocycles. The van der Waals surface area contributed by atoms with Gasteiger partial charge in [-0.15, -0.1) is 0 Å². The largest absolute Gasteiger partial charge is 0.465 e. The van der Waals surface area contributed by atoms with Crippen LogP contribution in [0.3, 0.4) is 0 Å². The second-order valence-electron chi connectivity index (χ2n) is 6.81. The molecule has 11 heteroatoms. The predicted octanol–water partition coefficient (Wildman–Crippen LogP) is 2.43. The lowest BCUT2D eigenvalue weighted by molar-refractivity contribution is -0.151. The number of rotatable bonds is 9. The van der Waals surface area contributed by atoms with Crippen molar-refractivity contribution >= 4 is 45.1 Å². The summed E-state index contributed by atoms with van der Waals surface area (Å²) in [5.74, 6) is -1.09. The smallest absolute Gasteiger partial charge is 0.325 e. The number of nitrogens with zero attached hydrogens (tertiary/aromatic N) is 2. The predicted molar refractivity (Wildman–Crippen MR) is 113 cm³/mol. The van der Waals surface area contributed by atoms with Crippen LogP contribution in [-0.2, 0) is 29.1 Å². The fourth-order valence-corrected chi connectivity index (χ4v) is 5.45. The Morgan fingerprint density at radius 2 is 1.90 bits per heavy atom. The molecule has 1 aromatic rings. The number of ether oxygens (including phenoxy) is 2. The minimum absolute atomic E-state index is 0.0505. The number of hydrogen-bond donors (Lipinski definition) is 0. The van der Waals surface area contributed by atoms with Crippen LogP contribution in [0.25, 0.3) is 0 Å². The molecule has 1 aliphatic heterocycles. The number of esters is 1. The molecule has 0 radical (unpaired) electrons. The maximum absolute atomic E-state index is 12.9. The van der Waals surface area contributed by atoms with E-state index in [0.29, 0.717) is 12.8 Å². The van der Waals surface area contributed by atoms with E-state index in [0.717, 1.165) is 0 Å². The highest BCUT2D eigenvalue weighted by Gasteiger charge is 2.35. The molecule has 1 saturated heterocycles. The molecule has 2 rings (SSSR count). The van der Waals surface area contributed by atoms with Crippen molar-refractivity contribution in [2.24, 2.45) is 5.92 Å². The third-order valence-electron chi connectivity index (χ3n) is 4.82. The average Bonchev–Trinajstić information content (AvgIpc) is 2.72. The molecule has 0 N–H and O–H groups in total. The van der Waals surface area contributed by atoms with Crippen LogP contribution < -0.4 is 0 Å². The van der Waals surface area contributed by atoms with Gasteiger partial charge < -0.3 is 14.4 Å². The van der Waals surface area contributed by atoms with Crippen LogP contribution in [-0.4, -0.2) is 76.0 Å². The molecule has 0 atom stereocenters. The standard InChI is InChI=1S/C19H26Cl2N2O6S/c1-3-29-18(24)13-22(10-11-28-2)19(25)14-6-8-23(9-7-14)30(26,27)17-12-15(20)4-5-16(17)21/h4-5,12,14H,3,6-11,13H2,1-2H3. The summed E-state index contributed by atoms with van der Waals surface area (Å²) >= 11 is 12.0. The first-order valence-electron chi connectivity index (χ1n) is 9.59. The van der Waals surface area contributed by atoms with E-state index < -0.39 is 21.9 Å². The van der Waals surface area contributed by atoms with E-state index in [9.17, 15) is 18.0 Å². The van der Waals surface area contributed by atoms with E-state index in [-0.39, 0.29) is 60.2 Å². The summed E-state index contributed by atoms with van der Waals surface area (Å²) in [5, 5.41) is 0.369. The van der Waals surface area contributed by atoms with Crippen molar-refractivity contribution in [3.05, 3.63) is 28.2 Å². The van der Waals surface area contributed by atoms with Crippen LogP contribution in [0.2, 0.25) is 10.0 Å². The van der Waals surface area contributed by atoms with Crippen LogP contribution in [0.1, 0.15) is 19.8 Å². The van der Waals surface area contributed by atoms with Crippen LogP contribution in [0.5, 0.6) is 0 Å². The summed E-state index contributed by atoms with van der Waals surface area (Å²) in [6, 6.07) is 4.28. The number of halogens is 2. The van der Waals surface area contributed by atoms with Crippen LogP contribution in [0.4, 0.5) is 0 Å². The maximum Gasteiger partial charge on any atom is 0.325 e. The van der Waals surface area contributed by atoms with Crippen molar-refractivity contribution in [3.8, 4) is 0 Å². The molecule has 1 aromatic carbocycles. The van der Waals surface area contributed by atoms with E-state index in [1.54, 1.807) is 6.92 Å². The van der Waals surface area contributed by atoms with Crippen molar-refractivity contribution in [3.63, 3.8) is 0 Å². The molecule has 1 fully saturated rings. The molecule has 30 heavy (non-hydrogen) atoms. The van der Waals surface area contributed by atoms with Crippen molar-refractivity contribution in [1.82, 2.24) is 9.21 Å². The van der Waals surface area contributed by atoms with Crippen molar-refractivity contribution < 1.29 is 27.5 Å². The summed E-state index contributed by atoms with van der Waals surface area (Å²) in [6.45, 7) is 2.64. The Balaban J connectivity index is 2.06. The van der Waals surface area contributed by atoms with E-state index >= 15 is 0 Å². The SMILES string of the molecule is CCOC(=O)CN(CCOC)C(=O)C1CCN(S(=O)(=O)c2cc(Cl)ccc2Cl)CC1. The van der Waals surface area contributed by atoms with Gasteiger partial charge in [-0.1, -0.05) is 23.2 Å². The van der Waals surface area contributed by atoms with Gasteiger partial charge in [-0.25, -0.2) is 8.42 Å². The van der Waals surface area contributed by atoms with Gasteiger partial charge in [-0.05, 0) is 38.0 Å². The van der Waals surface area contributed by atoms with Gasteiger partial charge in [0.15, 0.2) is 0 Å². The van der Waals surface area contributed by atoms with Gasteiger partial charge in [0, 0.05) is 37.7 Å². The van der Waals surface area contributed by atoms with Crippen LogP contribution >= 0.6 is 23.2 Å². The molecule has 0 bridgehead atoms. The van der Waals surface area contributed by atoms with Gasteiger partial charge in [-0.3, -0.25) is 9.59 Å². The van der Waals surface area contributed by atoms with Gasteiger partial charge in [-0.2, -0.15) is 4.31 Å². The van der Waals surface area contributed by atoms with E-state index in [2.05, 4.69) is 0 Å². The Morgan fingerprint density at radius 3 is 2.50 bits per heavy atom. The number of carbonyl (C=O) groups excluding carboxylic acids is 2. The molecule has 0 saturated carbocycles. The van der Waals surface area contributed by atoms with Crippen molar-refractivity contribution in [2.75, 3.05) is 46.5 Å². The van der Waals surface area contributed by atoms with Crippen molar-refractivity contribution in [2.45, 2.75) is 24.7 Å². The van der Waals surface area contributed by atoms with E-state index in [1.165, 1.54) is 34.5 Å². The Morgan fingerprint density at radius 1 is 1.23 bits per heavy atom. The molecule has 8 nitrogen and oxygen atoms in total. The molecular formula is C19H26Cl2N2O6S. The highest BCUT2D eigenvalue weighted by atomic mass is 35.5. The Hall–Kier alpha value is -1.39. The topological polar surface area (TPSA) is 93.2 Å². The van der Waals surface area contributed by atoms with Gasteiger partial charge >= 0.3 is 5.97 Å². The first-order valence-corrected chi connectivity index (χ1v) is 11.8. The molecule has 0 aromatic heterocycles. The second kappa shape index (κ2) is 11.3. The number of benzene rings is 1. The molecule has 0 spiro atoms. The van der Waals surface area contributed by atoms with Gasteiger partial charge in [0.1, 0.15) is 11.4 Å². The molecule has 1 amide bonds. The van der Waals surface area contributed by atoms with Crippen LogP contribution in [0.15, 0.2) is 23.1 Å². The third kappa shape index (κ3) is 6.31. The zero-order valence-corrected chi connectivity index (χ0v) is 19.3. The first kappa shape index (κ1) is 24.9. The van der Waals surface area contributed by atoms with Crippen LogP contribution in [0, 0.1) is 5.92 Å². The highest BCUT2D eigenvalue weighted by Crippen LogP contribution is 2.30. The molecule has 168 valence electrons. The second-order valence-corrected chi connectivity index (χ2v) is 9.56. The molecular weight excluding hydrogens is 455 g/mol. The zero-order valence-electron chi connectivity index (χ0n) is 17.0. The monoisotopic (exact) mass is 480 g/mol. The summed E-state index contributed by atoms with van der Waals surface area (Å²) < 4.78 is 37.1. The fourth-order valence-electron chi connectivity index (χ4n) is 3.25. The normalized spacial score (nSPS) is 15.7. The average molecular weight is 481 g/mol. The number of piperidine rings is 1. The lowest BCUT2D eigenvalue weighted by atomic mass is 9.96. The first-order chi connectivity index (χ1) is 14.2. The van der Waals surface area contributed by atoms with E-state index in [4.69, 9.17) is 32.7 Å².